The molecular weight excluding hydrogens is 90.1 g/mol. The highest BCUT2D eigenvalue weighted by molar-refractivity contribution is 5.32. The summed E-state index contributed by atoms with van der Waals surface area (Å²) in [6.07, 6.45) is 1.39. The van der Waals surface area contributed by atoms with Gasteiger partial charge in [0.2, 0.25) is 6.08 Å². The topological polar surface area (TPSA) is 29.4 Å². The summed E-state index contributed by atoms with van der Waals surface area (Å²) in [6, 6.07) is 0. The second-order valence-electron chi connectivity index (χ2n) is 0.566. The fourth-order valence-electron chi connectivity index (χ4n) is 0.0645. The van der Waals surface area contributed by atoms with Crippen molar-refractivity contribution in [3.05, 3.63) is 0 Å². The number of isocyanates is 1. The van der Waals surface area contributed by atoms with E-state index >= 15 is 0 Å². The Hall–Kier alpha value is -0.620. The third-order valence-corrected chi connectivity index (χ3v) is 0.223. The average molecular weight is 103 g/mol. The van der Waals surface area contributed by atoms with Crippen LogP contribution in [0.15, 0.2) is 4.99 Å². The summed E-state index contributed by atoms with van der Waals surface area (Å²) >= 11 is 0. The molecule has 0 rings (SSSR count). The summed E-state index contributed by atoms with van der Waals surface area (Å²) in [5.74, 6) is 0. The number of rotatable bonds is 1. The van der Waals surface area contributed by atoms with Crippen LogP contribution in [0, 0.1) is 0 Å². The van der Waals surface area contributed by atoms with E-state index in [0.29, 0.717) is 6.54 Å². The molecule has 2 nitrogen and oxygen atoms in total. The zero-order valence-corrected chi connectivity index (χ0v) is 3.06. The summed E-state index contributed by atoms with van der Waals surface area (Å²) in [5, 5.41) is 0. The van der Waals surface area contributed by atoms with Crippen LogP contribution in [-0.4, -0.2) is 12.6 Å². The Balaban J connectivity index is -0.0000000800. The lowest BCUT2D eigenvalue weighted by molar-refractivity contribution is 0.563. The number of hydrogen-bond acceptors (Lipinski definition) is 2. The maximum Gasteiger partial charge on any atom is 0.234 e. The Morgan fingerprint density at radius 3 is 2.00 bits per heavy atom. The first-order chi connectivity index (χ1) is 2.41. The molecule has 0 bridgehead atoms. The van der Waals surface area contributed by atoms with Crippen molar-refractivity contribution in [1.29, 1.82) is 0 Å². The number of nitrogens with zero attached hydrogens (tertiary/aromatic N) is 1. The highest BCUT2D eigenvalue weighted by atomic mass is 16.1. The number of hydrogen-bond donors (Lipinski definition) is 0. The molecule has 0 N–H and O–H groups in total. The van der Waals surface area contributed by atoms with E-state index in [-0.39, 0.29) is 14.9 Å². The normalized spacial score (nSPS) is 4.14. The van der Waals surface area contributed by atoms with Crippen LogP contribution >= 0.6 is 0 Å². The molecule has 0 aliphatic rings. The first kappa shape index (κ1) is 16.2. The molecule has 0 heterocycles. The lowest BCUT2D eigenvalue weighted by atomic mass is 10.8. The van der Waals surface area contributed by atoms with Crippen LogP contribution in [0.1, 0.15) is 21.8 Å². The van der Waals surface area contributed by atoms with Gasteiger partial charge in [-0.05, 0) is 6.92 Å². The van der Waals surface area contributed by atoms with E-state index in [2.05, 4.69) is 4.99 Å². The maximum absolute atomic E-state index is 9.11. The summed E-state index contributed by atoms with van der Waals surface area (Å²) in [4.78, 5) is 12.3. The van der Waals surface area contributed by atoms with Gasteiger partial charge in [0.1, 0.15) is 0 Å². The second kappa shape index (κ2) is 18.2. The molecule has 7 heavy (non-hydrogen) atoms. The van der Waals surface area contributed by atoms with Gasteiger partial charge in [-0.2, -0.15) is 0 Å². The highest BCUT2D eigenvalue weighted by Gasteiger charge is 1.52. The first-order valence-electron chi connectivity index (χ1n) is 1.45. The number of carbonyl (C=O) groups excluding carboxylic acids is 1. The third kappa shape index (κ3) is 32.3. The Bertz CT molecular complexity index is 55.1. The highest BCUT2D eigenvalue weighted by Crippen LogP contribution is 1.52. The molecule has 0 aromatic carbocycles. The molecule has 0 atom stereocenters. The molecule has 0 aromatic heterocycles. The summed E-state index contributed by atoms with van der Waals surface area (Å²) < 4.78 is 0. The minimum absolute atomic E-state index is 0. The van der Waals surface area contributed by atoms with Crippen molar-refractivity contribution in [2.24, 2.45) is 4.99 Å². The minimum atomic E-state index is 0. The molecule has 0 amide bonds. The zero-order valence-electron chi connectivity index (χ0n) is 3.06. The second-order valence-corrected chi connectivity index (χ2v) is 0.566. The molecule has 0 fully saturated rings. The monoisotopic (exact) mass is 103 g/mol. The van der Waals surface area contributed by atoms with E-state index in [1.807, 2.05) is 0 Å². The van der Waals surface area contributed by atoms with Gasteiger partial charge in [-0.1, -0.05) is 14.9 Å². The summed E-state index contributed by atoms with van der Waals surface area (Å²) in [7, 11) is 0. The van der Waals surface area contributed by atoms with Crippen molar-refractivity contribution in [3.63, 3.8) is 0 Å². The number of aliphatic imine (C=N–C) groups is 1. The molecule has 0 unspecified atom stereocenters. The molecule has 0 aliphatic carbocycles. The molecule has 0 aliphatic heterocycles. The lowest BCUT2D eigenvalue weighted by Gasteiger charge is -1.58. The predicted molar refractivity (Wildman–Crippen MR) is 32.1 cm³/mol. The average Bonchev–Trinajstić information content (AvgIpc) is 1.41. The van der Waals surface area contributed by atoms with E-state index in [1.54, 1.807) is 6.92 Å². The largest absolute Gasteiger partial charge is 0.234 e. The molecule has 0 saturated heterocycles. The molecule has 0 aromatic rings. The molecular formula is C5H13NO. The van der Waals surface area contributed by atoms with E-state index in [0.717, 1.165) is 0 Å². The molecule has 2 heteroatoms. The maximum atomic E-state index is 9.11. The molecule has 0 saturated carbocycles. The van der Waals surface area contributed by atoms with Crippen molar-refractivity contribution in [2.75, 3.05) is 6.54 Å². The minimum Gasteiger partial charge on any atom is -0.211 e. The van der Waals surface area contributed by atoms with Gasteiger partial charge in [-0.25, -0.2) is 9.79 Å². The van der Waals surface area contributed by atoms with Crippen molar-refractivity contribution in [2.45, 2.75) is 21.8 Å². The van der Waals surface area contributed by atoms with Crippen LogP contribution in [0.3, 0.4) is 0 Å². The Morgan fingerprint density at radius 1 is 1.57 bits per heavy atom. The van der Waals surface area contributed by atoms with Gasteiger partial charge in [-0.3, -0.25) is 0 Å². The van der Waals surface area contributed by atoms with Gasteiger partial charge in [0, 0.05) is 6.54 Å². The summed E-state index contributed by atoms with van der Waals surface area (Å²) in [5.41, 5.74) is 0. The van der Waals surface area contributed by atoms with Crippen LogP contribution in [0.4, 0.5) is 0 Å². The zero-order chi connectivity index (χ0) is 4.12. The fraction of sp³-hybridized carbons (Fsp3) is 0.800. The molecule has 0 spiro atoms. The van der Waals surface area contributed by atoms with Crippen LogP contribution < -0.4 is 0 Å². The van der Waals surface area contributed by atoms with Crippen LogP contribution in [0.5, 0.6) is 0 Å². The SMILES string of the molecule is C.C.CCN=C=O. The third-order valence-electron chi connectivity index (χ3n) is 0.223. The van der Waals surface area contributed by atoms with E-state index < -0.39 is 0 Å². The van der Waals surface area contributed by atoms with E-state index in [9.17, 15) is 0 Å². The Morgan fingerprint density at radius 2 is 2.00 bits per heavy atom. The Kier molecular flexibility index (Phi) is 42.1. The summed E-state index contributed by atoms with van der Waals surface area (Å²) in [6.45, 7) is 2.33. The van der Waals surface area contributed by atoms with Gasteiger partial charge < -0.3 is 0 Å². The van der Waals surface area contributed by atoms with Crippen molar-refractivity contribution in [3.8, 4) is 0 Å². The predicted octanol–water partition coefficient (Wildman–Crippen LogP) is 1.61. The van der Waals surface area contributed by atoms with Crippen LogP contribution in [0.2, 0.25) is 0 Å². The Labute approximate surface area is 45.3 Å². The van der Waals surface area contributed by atoms with E-state index in [1.165, 1.54) is 6.08 Å². The van der Waals surface area contributed by atoms with Crippen LogP contribution in [-0.2, 0) is 4.79 Å². The van der Waals surface area contributed by atoms with Crippen molar-refractivity contribution < 1.29 is 4.79 Å². The van der Waals surface area contributed by atoms with Gasteiger partial charge in [0.05, 0.1) is 0 Å². The molecule has 44 valence electrons. The van der Waals surface area contributed by atoms with Crippen LogP contribution in [0.25, 0.3) is 0 Å². The quantitative estimate of drug-likeness (QED) is 0.366. The van der Waals surface area contributed by atoms with Gasteiger partial charge >= 0.3 is 0 Å². The van der Waals surface area contributed by atoms with E-state index in [4.69, 9.17) is 4.79 Å². The van der Waals surface area contributed by atoms with Gasteiger partial charge in [-0.15, -0.1) is 0 Å². The smallest absolute Gasteiger partial charge is 0.211 e. The fourth-order valence-corrected chi connectivity index (χ4v) is 0.0645. The van der Waals surface area contributed by atoms with Gasteiger partial charge in [0.15, 0.2) is 0 Å². The first-order valence-corrected chi connectivity index (χ1v) is 1.45. The van der Waals surface area contributed by atoms with Gasteiger partial charge in [0.25, 0.3) is 0 Å². The van der Waals surface area contributed by atoms with Crippen molar-refractivity contribution >= 4 is 6.08 Å². The standard InChI is InChI=1S/C3H5NO.2CH4/c1-2-4-3-5;;/h2H2,1H3;2*1H4. The molecule has 0 radical (unpaired) electrons. The van der Waals surface area contributed by atoms with Crippen molar-refractivity contribution in [1.82, 2.24) is 0 Å². The lowest BCUT2D eigenvalue weighted by Crippen LogP contribution is -1.58.